The highest BCUT2D eigenvalue weighted by molar-refractivity contribution is 7.80. The molecular weight excluding hydrogens is 389 g/mol. The summed E-state index contributed by atoms with van der Waals surface area (Å²) in [6.07, 6.45) is 3.77. The number of hydrogen-bond donors (Lipinski definition) is 3. The molecule has 1 saturated heterocycles. The van der Waals surface area contributed by atoms with E-state index < -0.39 is 5.82 Å². The maximum Gasteiger partial charge on any atom is 0.226 e. The van der Waals surface area contributed by atoms with Crippen LogP contribution in [-0.2, 0) is 4.79 Å². The van der Waals surface area contributed by atoms with Gasteiger partial charge in [-0.15, -0.1) is 0 Å². The Bertz CT molecular complexity index is 995. The van der Waals surface area contributed by atoms with E-state index in [1.54, 1.807) is 18.3 Å². The predicted octanol–water partition coefficient (Wildman–Crippen LogP) is 3.55. The molecule has 1 fully saturated rings. The van der Waals surface area contributed by atoms with Gasteiger partial charge in [-0.3, -0.25) is 9.78 Å². The molecule has 2 aromatic heterocycles. The lowest BCUT2D eigenvalue weighted by molar-refractivity contribution is -0.116. The molecule has 148 valence electrons. The number of thiocarbonyl (C=S) groups is 1. The van der Waals surface area contributed by atoms with Gasteiger partial charge >= 0.3 is 0 Å². The summed E-state index contributed by atoms with van der Waals surface area (Å²) >= 11 is 5.55. The molecule has 4 rings (SSSR count). The van der Waals surface area contributed by atoms with Gasteiger partial charge in [-0.25, -0.2) is 4.39 Å². The van der Waals surface area contributed by atoms with Gasteiger partial charge in [-0.1, -0.05) is 18.2 Å². The lowest BCUT2D eigenvalue weighted by Gasteiger charge is -2.26. The van der Waals surface area contributed by atoms with E-state index in [2.05, 4.69) is 20.6 Å². The molecule has 1 aliphatic rings. The molecule has 8 heteroatoms. The van der Waals surface area contributed by atoms with Crippen molar-refractivity contribution in [2.75, 3.05) is 11.9 Å². The standard InChI is InChI=1S/C21H20FN5OS/c22-14-6-1-2-7-15(14)25-18(28)10-13-27-20(17-9-5-12-24-17)19(26-21(27)29)16-8-3-4-11-23-16/h1-9,11-12,19-20,24H,10,13H2,(H,25,28)(H,26,29)/t19-,20-/m1/s1. The number of aromatic amines is 1. The van der Waals surface area contributed by atoms with E-state index in [0.717, 1.165) is 11.4 Å². The highest BCUT2D eigenvalue weighted by atomic mass is 32.1. The largest absolute Gasteiger partial charge is 0.363 e. The number of benzene rings is 1. The van der Waals surface area contributed by atoms with Crippen molar-refractivity contribution in [3.8, 4) is 0 Å². The number of rotatable bonds is 6. The monoisotopic (exact) mass is 409 g/mol. The predicted molar refractivity (Wildman–Crippen MR) is 113 cm³/mol. The summed E-state index contributed by atoms with van der Waals surface area (Å²) < 4.78 is 13.8. The van der Waals surface area contributed by atoms with Crippen molar-refractivity contribution in [2.45, 2.75) is 18.5 Å². The normalized spacial score (nSPS) is 18.5. The number of nitrogens with zero attached hydrogens (tertiary/aromatic N) is 2. The second-order valence-electron chi connectivity index (χ2n) is 6.72. The zero-order valence-electron chi connectivity index (χ0n) is 15.5. The Kier molecular flexibility index (Phi) is 5.53. The van der Waals surface area contributed by atoms with Crippen LogP contribution in [0.25, 0.3) is 0 Å². The molecule has 0 spiro atoms. The zero-order valence-corrected chi connectivity index (χ0v) is 16.3. The molecule has 3 aromatic rings. The van der Waals surface area contributed by atoms with E-state index >= 15 is 0 Å². The van der Waals surface area contributed by atoms with Crippen LogP contribution in [0.3, 0.4) is 0 Å². The van der Waals surface area contributed by atoms with Crippen molar-refractivity contribution >= 4 is 28.9 Å². The third-order valence-corrected chi connectivity index (χ3v) is 5.22. The van der Waals surface area contributed by atoms with Gasteiger partial charge < -0.3 is 20.5 Å². The van der Waals surface area contributed by atoms with Gasteiger partial charge in [0.1, 0.15) is 5.82 Å². The molecule has 0 bridgehead atoms. The SMILES string of the molecule is O=C(CCN1C(=S)N[C@H](c2ccccn2)[C@H]1c1ccc[nH]1)Nc1ccccc1F. The van der Waals surface area contributed by atoms with Crippen LogP contribution in [0, 0.1) is 5.82 Å². The van der Waals surface area contributed by atoms with Crippen LogP contribution in [0.5, 0.6) is 0 Å². The minimum Gasteiger partial charge on any atom is -0.363 e. The average Bonchev–Trinajstić information content (AvgIpc) is 3.36. The fourth-order valence-corrected chi connectivity index (χ4v) is 3.84. The number of aromatic nitrogens is 2. The fourth-order valence-electron chi connectivity index (χ4n) is 3.51. The van der Waals surface area contributed by atoms with Crippen LogP contribution < -0.4 is 10.6 Å². The first-order valence-electron chi connectivity index (χ1n) is 9.29. The Morgan fingerprint density at radius 3 is 2.72 bits per heavy atom. The third kappa shape index (κ3) is 4.12. The first-order chi connectivity index (χ1) is 14.1. The fraction of sp³-hybridized carbons (Fsp3) is 0.190. The highest BCUT2D eigenvalue weighted by Crippen LogP contribution is 2.37. The highest BCUT2D eigenvalue weighted by Gasteiger charge is 2.40. The number of H-pyrrole nitrogens is 1. The van der Waals surface area contributed by atoms with Gasteiger partial charge in [-0.05, 0) is 48.6 Å². The summed E-state index contributed by atoms with van der Waals surface area (Å²) in [7, 11) is 0. The van der Waals surface area contributed by atoms with Gasteiger partial charge in [0.15, 0.2) is 5.11 Å². The second kappa shape index (κ2) is 8.40. The molecule has 6 nitrogen and oxygen atoms in total. The maximum absolute atomic E-state index is 13.8. The van der Waals surface area contributed by atoms with E-state index in [0.29, 0.717) is 11.7 Å². The van der Waals surface area contributed by atoms with Crippen LogP contribution >= 0.6 is 12.2 Å². The zero-order chi connectivity index (χ0) is 20.2. The van der Waals surface area contributed by atoms with Crippen molar-refractivity contribution in [3.05, 3.63) is 84.2 Å². The molecule has 2 atom stereocenters. The topological polar surface area (TPSA) is 73.0 Å². The van der Waals surface area contributed by atoms with Crippen molar-refractivity contribution in [1.82, 2.24) is 20.2 Å². The van der Waals surface area contributed by atoms with Crippen molar-refractivity contribution in [3.63, 3.8) is 0 Å². The minimum absolute atomic E-state index is 0.131. The molecule has 0 radical (unpaired) electrons. The van der Waals surface area contributed by atoms with Crippen LogP contribution in [0.1, 0.15) is 29.9 Å². The van der Waals surface area contributed by atoms with Crippen LogP contribution in [0.4, 0.5) is 10.1 Å². The molecule has 1 aliphatic heterocycles. The van der Waals surface area contributed by atoms with E-state index in [-0.39, 0.29) is 30.1 Å². The number of carbonyl (C=O) groups excluding carboxylic acids is 1. The van der Waals surface area contributed by atoms with Crippen LogP contribution in [0.15, 0.2) is 67.0 Å². The first-order valence-corrected chi connectivity index (χ1v) is 9.70. The Balaban J connectivity index is 1.50. The number of halogens is 1. The van der Waals surface area contributed by atoms with E-state index in [1.807, 2.05) is 41.4 Å². The molecule has 1 amide bonds. The van der Waals surface area contributed by atoms with Gasteiger partial charge in [0.25, 0.3) is 0 Å². The van der Waals surface area contributed by atoms with Crippen molar-refractivity contribution in [1.29, 1.82) is 0 Å². The van der Waals surface area contributed by atoms with Crippen molar-refractivity contribution in [2.24, 2.45) is 0 Å². The van der Waals surface area contributed by atoms with Gasteiger partial charge in [0.2, 0.25) is 5.91 Å². The summed E-state index contributed by atoms with van der Waals surface area (Å²) in [6.45, 7) is 0.388. The Morgan fingerprint density at radius 1 is 1.17 bits per heavy atom. The Morgan fingerprint density at radius 2 is 2.00 bits per heavy atom. The average molecular weight is 409 g/mol. The number of hydrogen-bond acceptors (Lipinski definition) is 3. The Labute approximate surface area is 173 Å². The smallest absolute Gasteiger partial charge is 0.226 e. The molecule has 0 unspecified atom stereocenters. The number of anilines is 1. The lowest BCUT2D eigenvalue weighted by Crippen LogP contribution is -2.32. The van der Waals surface area contributed by atoms with Gasteiger partial charge in [0, 0.05) is 31.1 Å². The molecule has 3 heterocycles. The molecular formula is C21H20FN5OS. The number of amides is 1. The Hall–Kier alpha value is -3.26. The summed E-state index contributed by atoms with van der Waals surface area (Å²) in [5.41, 5.74) is 2.02. The molecule has 0 aliphatic carbocycles. The quantitative estimate of drug-likeness (QED) is 0.543. The summed E-state index contributed by atoms with van der Waals surface area (Å²) in [6, 6.07) is 15.5. The second-order valence-corrected chi connectivity index (χ2v) is 7.11. The van der Waals surface area contributed by atoms with E-state index in [1.165, 1.54) is 12.1 Å². The minimum atomic E-state index is -0.460. The molecule has 3 N–H and O–H groups in total. The lowest BCUT2D eigenvalue weighted by atomic mass is 10.0. The van der Waals surface area contributed by atoms with E-state index in [4.69, 9.17) is 12.2 Å². The van der Waals surface area contributed by atoms with Gasteiger partial charge in [0.05, 0.1) is 23.5 Å². The molecule has 29 heavy (non-hydrogen) atoms. The van der Waals surface area contributed by atoms with E-state index in [9.17, 15) is 9.18 Å². The number of para-hydroxylation sites is 1. The molecule has 1 aromatic carbocycles. The number of carbonyl (C=O) groups is 1. The summed E-state index contributed by atoms with van der Waals surface area (Å²) in [5, 5.41) is 6.50. The third-order valence-electron chi connectivity index (χ3n) is 4.87. The van der Waals surface area contributed by atoms with Gasteiger partial charge in [-0.2, -0.15) is 0 Å². The van der Waals surface area contributed by atoms with Crippen LogP contribution in [-0.4, -0.2) is 32.4 Å². The molecule has 0 saturated carbocycles. The van der Waals surface area contributed by atoms with Crippen LogP contribution in [0.2, 0.25) is 0 Å². The summed E-state index contributed by atoms with van der Waals surface area (Å²) in [5.74, 6) is -0.733. The maximum atomic E-state index is 13.8. The first kappa shape index (κ1) is 19.1. The number of nitrogens with one attached hydrogen (secondary N) is 3. The van der Waals surface area contributed by atoms with Crippen molar-refractivity contribution < 1.29 is 9.18 Å². The summed E-state index contributed by atoms with van der Waals surface area (Å²) in [4.78, 5) is 22.1. The number of pyridine rings is 1.